The van der Waals surface area contributed by atoms with Gasteiger partial charge in [0.1, 0.15) is 0 Å². The van der Waals surface area contributed by atoms with Gasteiger partial charge in [0.05, 0.1) is 17.5 Å². The van der Waals surface area contributed by atoms with Gasteiger partial charge in [0.25, 0.3) is 0 Å². The zero-order valence-electron chi connectivity index (χ0n) is 12.1. The SMILES string of the molecule is CCC(CC)n1ccc(CS(=O)(=O)C(CC)C(=O)O)n1. The van der Waals surface area contributed by atoms with Crippen LogP contribution in [0.3, 0.4) is 0 Å². The zero-order valence-corrected chi connectivity index (χ0v) is 12.9. The Morgan fingerprint density at radius 1 is 1.30 bits per heavy atom. The minimum absolute atomic E-state index is 0.0604. The molecule has 6 nitrogen and oxygen atoms in total. The van der Waals surface area contributed by atoms with Crippen molar-refractivity contribution >= 4 is 15.8 Å². The van der Waals surface area contributed by atoms with Gasteiger partial charge in [0, 0.05) is 6.20 Å². The minimum atomic E-state index is -3.73. The highest BCUT2D eigenvalue weighted by atomic mass is 32.2. The van der Waals surface area contributed by atoms with E-state index in [0.29, 0.717) is 5.69 Å². The van der Waals surface area contributed by atoms with Crippen molar-refractivity contribution in [3.8, 4) is 0 Å². The molecule has 1 atom stereocenters. The quantitative estimate of drug-likeness (QED) is 0.793. The molecule has 0 aliphatic carbocycles. The zero-order chi connectivity index (χ0) is 15.3. The van der Waals surface area contributed by atoms with Crippen molar-refractivity contribution in [3.63, 3.8) is 0 Å². The first kappa shape index (κ1) is 16.7. The summed E-state index contributed by atoms with van der Waals surface area (Å²) in [6.45, 7) is 5.65. The van der Waals surface area contributed by atoms with Crippen molar-refractivity contribution in [2.45, 2.75) is 57.1 Å². The lowest BCUT2D eigenvalue weighted by Gasteiger charge is -2.13. The van der Waals surface area contributed by atoms with Gasteiger partial charge >= 0.3 is 5.97 Å². The molecule has 0 amide bonds. The van der Waals surface area contributed by atoms with Crippen LogP contribution in [0.15, 0.2) is 12.3 Å². The second-order valence-corrected chi connectivity index (χ2v) is 6.98. The average Bonchev–Trinajstić information content (AvgIpc) is 2.78. The molecule has 0 aromatic carbocycles. The predicted molar refractivity (Wildman–Crippen MR) is 76.2 cm³/mol. The Morgan fingerprint density at radius 3 is 2.35 bits per heavy atom. The summed E-state index contributed by atoms with van der Waals surface area (Å²) in [5.74, 6) is -1.63. The van der Waals surface area contributed by atoms with Crippen LogP contribution in [-0.4, -0.2) is 34.5 Å². The topological polar surface area (TPSA) is 89.3 Å². The maximum atomic E-state index is 12.1. The second-order valence-electron chi connectivity index (χ2n) is 4.80. The first-order valence-electron chi connectivity index (χ1n) is 6.84. The Labute approximate surface area is 119 Å². The molecule has 1 N–H and O–H groups in total. The molecule has 0 fully saturated rings. The van der Waals surface area contributed by atoms with Crippen molar-refractivity contribution in [1.82, 2.24) is 9.78 Å². The Bertz CT molecular complexity index is 546. The summed E-state index contributed by atoms with van der Waals surface area (Å²) in [4.78, 5) is 11.0. The van der Waals surface area contributed by atoms with Crippen LogP contribution in [0, 0.1) is 0 Å². The Kier molecular flexibility index (Phi) is 5.74. The van der Waals surface area contributed by atoms with Crippen LogP contribution in [0.1, 0.15) is 51.8 Å². The van der Waals surface area contributed by atoms with Crippen LogP contribution < -0.4 is 0 Å². The maximum Gasteiger partial charge on any atom is 0.321 e. The molecule has 1 heterocycles. The van der Waals surface area contributed by atoms with E-state index in [2.05, 4.69) is 5.10 Å². The van der Waals surface area contributed by atoms with E-state index in [4.69, 9.17) is 5.11 Å². The van der Waals surface area contributed by atoms with Crippen LogP contribution in [0.4, 0.5) is 0 Å². The molecule has 1 rings (SSSR count). The van der Waals surface area contributed by atoms with Crippen molar-refractivity contribution in [2.75, 3.05) is 0 Å². The number of rotatable bonds is 8. The number of aliphatic carboxylic acids is 1. The lowest BCUT2D eigenvalue weighted by molar-refractivity contribution is -0.136. The summed E-state index contributed by atoms with van der Waals surface area (Å²) < 4.78 is 25.9. The Morgan fingerprint density at radius 2 is 1.90 bits per heavy atom. The van der Waals surface area contributed by atoms with Crippen molar-refractivity contribution in [3.05, 3.63) is 18.0 Å². The normalized spacial score (nSPS) is 13.6. The maximum absolute atomic E-state index is 12.1. The van der Waals surface area contributed by atoms with E-state index in [1.165, 1.54) is 0 Å². The molecule has 0 saturated heterocycles. The van der Waals surface area contributed by atoms with Crippen molar-refractivity contribution < 1.29 is 18.3 Å². The van der Waals surface area contributed by atoms with E-state index < -0.39 is 21.1 Å². The van der Waals surface area contributed by atoms with Gasteiger partial charge < -0.3 is 5.11 Å². The lowest BCUT2D eigenvalue weighted by atomic mass is 10.2. The molecule has 0 aliphatic rings. The number of carboxylic acids is 1. The predicted octanol–water partition coefficient (Wildman–Crippen LogP) is 2.02. The van der Waals surface area contributed by atoms with Crippen molar-refractivity contribution in [1.29, 1.82) is 0 Å². The minimum Gasteiger partial charge on any atom is -0.480 e. The Balaban J connectivity index is 2.91. The van der Waals surface area contributed by atoms with E-state index in [9.17, 15) is 13.2 Å². The van der Waals surface area contributed by atoms with Gasteiger partial charge in [-0.3, -0.25) is 9.48 Å². The molecule has 0 aliphatic heterocycles. The molecule has 1 aromatic rings. The van der Waals surface area contributed by atoms with Crippen LogP contribution in [0.5, 0.6) is 0 Å². The molecule has 0 radical (unpaired) electrons. The van der Waals surface area contributed by atoms with E-state index in [1.807, 2.05) is 13.8 Å². The smallest absolute Gasteiger partial charge is 0.321 e. The molecule has 20 heavy (non-hydrogen) atoms. The summed E-state index contributed by atoms with van der Waals surface area (Å²) in [5, 5.41) is 11.8. The fraction of sp³-hybridized carbons (Fsp3) is 0.692. The summed E-state index contributed by atoms with van der Waals surface area (Å²) in [6.07, 6.45) is 3.64. The molecule has 114 valence electrons. The van der Waals surface area contributed by atoms with Gasteiger partial charge in [0.2, 0.25) is 0 Å². The largest absolute Gasteiger partial charge is 0.480 e. The van der Waals surface area contributed by atoms with E-state index in [1.54, 1.807) is 23.9 Å². The molecule has 0 saturated carbocycles. The molecular formula is C13H22N2O4S. The summed E-state index contributed by atoms with van der Waals surface area (Å²) >= 11 is 0. The molecule has 7 heteroatoms. The highest BCUT2D eigenvalue weighted by Crippen LogP contribution is 2.17. The first-order chi connectivity index (χ1) is 9.35. The number of sulfone groups is 1. The lowest BCUT2D eigenvalue weighted by Crippen LogP contribution is -2.30. The van der Waals surface area contributed by atoms with Crippen LogP contribution in [0.25, 0.3) is 0 Å². The summed E-state index contributed by atoms with van der Waals surface area (Å²) in [5.41, 5.74) is 0.400. The standard InChI is InChI=1S/C13H22N2O4S/c1-4-11(5-2)15-8-7-10(14-15)9-20(18,19)12(6-3)13(16)17/h7-8,11-12H,4-6,9H2,1-3H3,(H,16,17). The van der Waals surface area contributed by atoms with Gasteiger partial charge in [0.15, 0.2) is 15.1 Å². The number of carbonyl (C=O) groups is 1. The number of carboxylic acid groups (broad SMARTS) is 1. The highest BCUT2D eigenvalue weighted by molar-refractivity contribution is 7.92. The second kappa shape index (κ2) is 6.88. The number of hydrogen-bond acceptors (Lipinski definition) is 4. The van der Waals surface area contributed by atoms with Gasteiger partial charge in [-0.15, -0.1) is 0 Å². The third kappa shape index (κ3) is 3.82. The molecule has 1 aromatic heterocycles. The number of aromatic nitrogens is 2. The highest BCUT2D eigenvalue weighted by Gasteiger charge is 2.31. The van der Waals surface area contributed by atoms with Gasteiger partial charge in [-0.2, -0.15) is 5.10 Å². The molecule has 0 bridgehead atoms. The van der Waals surface area contributed by atoms with Crippen LogP contribution in [-0.2, 0) is 20.4 Å². The fourth-order valence-electron chi connectivity index (χ4n) is 2.21. The van der Waals surface area contributed by atoms with Crippen LogP contribution in [0.2, 0.25) is 0 Å². The van der Waals surface area contributed by atoms with E-state index in [0.717, 1.165) is 12.8 Å². The summed E-state index contributed by atoms with van der Waals surface area (Å²) in [6, 6.07) is 1.89. The van der Waals surface area contributed by atoms with Crippen LogP contribution >= 0.6 is 0 Å². The fourth-order valence-corrected chi connectivity index (χ4v) is 3.79. The van der Waals surface area contributed by atoms with Crippen molar-refractivity contribution in [2.24, 2.45) is 0 Å². The molecule has 1 unspecified atom stereocenters. The third-order valence-corrected chi connectivity index (χ3v) is 5.51. The van der Waals surface area contributed by atoms with E-state index in [-0.39, 0.29) is 18.2 Å². The van der Waals surface area contributed by atoms with Gasteiger partial charge in [-0.05, 0) is 25.3 Å². The molecular weight excluding hydrogens is 280 g/mol. The number of nitrogens with zero attached hydrogens (tertiary/aromatic N) is 2. The summed E-state index contributed by atoms with van der Waals surface area (Å²) in [7, 11) is -3.73. The first-order valence-corrected chi connectivity index (χ1v) is 8.55. The average molecular weight is 302 g/mol. The third-order valence-electron chi connectivity index (χ3n) is 3.41. The van der Waals surface area contributed by atoms with Gasteiger partial charge in [-0.1, -0.05) is 20.8 Å². The van der Waals surface area contributed by atoms with E-state index >= 15 is 0 Å². The number of hydrogen-bond donors (Lipinski definition) is 1. The van der Waals surface area contributed by atoms with Gasteiger partial charge in [-0.25, -0.2) is 8.42 Å². The Hall–Kier alpha value is -1.37. The monoisotopic (exact) mass is 302 g/mol. The molecule has 0 spiro atoms.